The molecule has 0 saturated carbocycles. The third-order valence-electron chi connectivity index (χ3n) is 2.72. The molecule has 2 rings (SSSR count). The van der Waals surface area contributed by atoms with Crippen molar-refractivity contribution in [1.29, 1.82) is 0 Å². The normalized spacial score (nSPS) is 10.7. The number of hydrogen-bond donors (Lipinski definition) is 1. The lowest BCUT2D eigenvalue weighted by Gasteiger charge is -2.05. The van der Waals surface area contributed by atoms with E-state index in [0.29, 0.717) is 10.6 Å². The molecule has 2 aromatic carbocycles. The van der Waals surface area contributed by atoms with Crippen molar-refractivity contribution < 1.29 is 14.7 Å². The molecule has 3 nitrogen and oxygen atoms in total. The standard InChI is InChI=1S/C16H11ClO3/c17-14-10-12(15(18)8-9-16(19)20)6-7-13(14)11-4-2-1-3-5-11/h1-10H,(H,19,20). The second-order valence-electron chi connectivity index (χ2n) is 4.10. The molecule has 0 amide bonds. The van der Waals surface area contributed by atoms with Crippen LogP contribution in [0.4, 0.5) is 0 Å². The molecule has 0 bridgehead atoms. The van der Waals surface area contributed by atoms with Crippen LogP contribution in [-0.2, 0) is 4.79 Å². The summed E-state index contributed by atoms with van der Waals surface area (Å²) < 4.78 is 0. The summed E-state index contributed by atoms with van der Waals surface area (Å²) in [6.07, 6.45) is 1.82. The molecule has 0 saturated heterocycles. The number of halogens is 1. The topological polar surface area (TPSA) is 54.4 Å². The minimum atomic E-state index is -1.16. The molecular weight excluding hydrogens is 276 g/mol. The number of hydrogen-bond acceptors (Lipinski definition) is 2. The summed E-state index contributed by atoms with van der Waals surface area (Å²) in [5.74, 6) is -1.56. The van der Waals surface area contributed by atoms with Crippen molar-refractivity contribution in [3.63, 3.8) is 0 Å². The summed E-state index contributed by atoms with van der Waals surface area (Å²) in [7, 11) is 0. The third-order valence-corrected chi connectivity index (χ3v) is 3.03. The smallest absolute Gasteiger partial charge is 0.328 e. The molecule has 0 atom stereocenters. The molecule has 100 valence electrons. The van der Waals surface area contributed by atoms with Gasteiger partial charge in [-0.05, 0) is 17.7 Å². The number of allylic oxidation sites excluding steroid dienone is 1. The molecule has 0 heterocycles. The van der Waals surface area contributed by atoms with E-state index in [1.54, 1.807) is 18.2 Å². The lowest BCUT2D eigenvalue weighted by molar-refractivity contribution is -0.131. The highest BCUT2D eigenvalue weighted by atomic mass is 35.5. The van der Waals surface area contributed by atoms with Crippen LogP contribution in [0.15, 0.2) is 60.7 Å². The van der Waals surface area contributed by atoms with E-state index >= 15 is 0 Å². The van der Waals surface area contributed by atoms with E-state index in [0.717, 1.165) is 23.3 Å². The van der Waals surface area contributed by atoms with E-state index in [1.807, 2.05) is 30.3 Å². The van der Waals surface area contributed by atoms with Gasteiger partial charge in [-0.15, -0.1) is 0 Å². The maximum absolute atomic E-state index is 11.7. The Balaban J connectivity index is 2.31. The lowest BCUT2D eigenvalue weighted by atomic mass is 10.0. The molecule has 0 spiro atoms. The summed E-state index contributed by atoms with van der Waals surface area (Å²) >= 11 is 6.18. The van der Waals surface area contributed by atoms with Crippen LogP contribution < -0.4 is 0 Å². The highest BCUT2D eigenvalue weighted by Gasteiger charge is 2.08. The first-order valence-electron chi connectivity index (χ1n) is 5.88. The van der Waals surface area contributed by atoms with Gasteiger partial charge in [-0.1, -0.05) is 54.1 Å². The Bertz CT molecular complexity index is 675. The molecule has 0 radical (unpaired) electrons. The average molecular weight is 287 g/mol. The van der Waals surface area contributed by atoms with Gasteiger partial charge in [0.15, 0.2) is 5.78 Å². The fourth-order valence-electron chi connectivity index (χ4n) is 1.76. The fourth-order valence-corrected chi connectivity index (χ4v) is 2.05. The molecule has 0 aliphatic heterocycles. The van der Waals surface area contributed by atoms with Crippen LogP contribution in [0.3, 0.4) is 0 Å². The molecular formula is C16H11ClO3. The molecule has 0 fully saturated rings. The first kappa shape index (κ1) is 14.0. The second-order valence-corrected chi connectivity index (χ2v) is 4.50. The SMILES string of the molecule is O=C(O)C=CC(=O)c1ccc(-c2ccccc2)c(Cl)c1. The maximum Gasteiger partial charge on any atom is 0.328 e. The van der Waals surface area contributed by atoms with E-state index < -0.39 is 11.8 Å². The van der Waals surface area contributed by atoms with Gasteiger partial charge in [0, 0.05) is 22.2 Å². The van der Waals surface area contributed by atoms with E-state index in [9.17, 15) is 9.59 Å². The Hall–Kier alpha value is -2.39. The third kappa shape index (κ3) is 3.33. The Kier molecular flexibility index (Phi) is 4.33. The van der Waals surface area contributed by atoms with Crippen molar-refractivity contribution in [3.8, 4) is 11.1 Å². The number of rotatable bonds is 4. The van der Waals surface area contributed by atoms with Crippen LogP contribution in [0.1, 0.15) is 10.4 Å². The second kappa shape index (κ2) is 6.17. The average Bonchev–Trinajstić information content (AvgIpc) is 2.45. The van der Waals surface area contributed by atoms with Gasteiger partial charge < -0.3 is 5.11 Å². The van der Waals surface area contributed by atoms with Crippen LogP contribution in [0.25, 0.3) is 11.1 Å². The van der Waals surface area contributed by atoms with Crippen molar-refractivity contribution in [3.05, 3.63) is 71.3 Å². The Morgan fingerprint density at radius 2 is 1.70 bits per heavy atom. The molecule has 0 aromatic heterocycles. The number of carbonyl (C=O) groups excluding carboxylic acids is 1. The monoisotopic (exact) mass is 286 g/mol. The van der Waals surface area contributed by atoms with Crippen LogP contribution >= 0.6 is 11.6 Å². The number of carbonyl (C=O) groups is 2. The Morgan fingerprint density at radius 1 is 1.00 bits per heavy atom. The van der Waals surface area contributed by atoms with Crippen LogP contribution in [0.2, 0.25) is 5.02 Å². The van der Waals surface area contributed by atoms with Crippen LogP contribution in [0, 0.1) is 0 Å². The van der Waals surface area contributed by atoms with Gasteiger partial charge in [0.25, 0.3) is 0 Å². The minimum absolute atomic E-state index is 0.354. The number of ketones is 1. The predicted octanol–water partition coefficient (Wildman–Crippen LogP) is 3.83. The first-order valence-corrected chi connectivity index (χ1v) is 6.26. The highest BCUT2D eigenvalue weighted by Crippen LogP contribution is 2.28. The van der Waals surface area contributed by atoms with Gasteiger partial charge >= 0.3 is 5.97 Å². The fraction of sp³-hybridized carbons (Fsp3) is 0. The van der Waals surface area contributed by atoms with Crippen LogP contribution in [-0.4, -0.2) is 16.9 Å². The zero-order valence-electron chi connectivity index (χ0n) is 10.4. The molecule has 4 heteroatoms. The van der Waals surface area contributed by atoms with Crippen molar-refractivity contribution in [2.24, 2.45) is 0 Å². The van der Waals surface area contributed by atoms with Gasteiger partial charge in [-0.3, -0.25) is 4.79 Å². The van der Waals surface area contributed by atoms with Gasteiger partial charge in [0.1, 0.15) is 0 Å². The number of carboxylic acid groups (broad SMARTS) is 1. The number of benzene rings is 2. The van der Waals surface area contributed by atoms with E-state index in [-0.39, 0.29) is 0 Å². The lowest BCUT2D eigenvalue weighted by Crippen LogP contribution is -1.97. The summed E-state index contributed by atoms with van der Waals surface area (Å²) in [4.78, 5) is 22.1. The summed E-state index contributed by atoms with van der Waals surface area (Å²) in [5.41, 5.74) is 2.13. The van der Waals surface area contributed by atoms with Crippen molar-refractivity contribution in [2.75, 3.05) is 0 Å². The Morgan fingerprint density at radius 3 is 2.30 bits per heavy atom. The quantitative estimate of drug-likeness (QED) is 0.686. The zero-order chi connectivity index (χ0) is 14.5. The van der Waals surface area contributed by atoms with Gasteiger partial charge in [-0.25, -0.2) is 4.79 Å². The number of carboxylic acids is 1. The number of aliphatic carboxylic acids is 1. The van der Waals surface area contributed by atoms with Crippen molar-refractivity contribution in [1.82, 2.24) is 0 Å². The van der Waals surface area contributed by atoms with Crippen LogP contribution in [0.5, 0.6) is 0 Å². The molecule has 20 heavy (non-hydrogen) atoms. The molecule has 1 N–H and O–H groups in total. The van der Waals surface area contributed by atoms with E-state index in [2.05, 4.69) is 0 Å². The highest BCUT2D eigenvalue weighted by molar-refractivity contribution is 6.33. The predicted molar refractivity (Wildman–Crippen MR) is 78.0 cm³/mol. The molecule has 0 unspecified atom stereocenters. The summed E-state index contributed by atoms with van der Waals surface area (Å²) in [6.45, 7) is 0. The minimum Gasteiger partial charge on any atom is -0.478 e. The molecule has 0 aliphatic carbocycles. The van der Waals surface area contributed by atoms with E-state index in [4.69, 9.17) is 16.7 Å². The van der Waals surface area contributed by atoms with Gasteiger partial charge in [0.05, 0.1) is 0 Å². The van der Waals surface area contributed by atoms with E-state index in [1.165, 1.54) is 0 Å². The van der Waals surface area contributed by atoms with Crippen molar-refractivity contribution in [2.45, 2.75) is 0 Å². The van der Waals surface area contributed by atoms with Gasteiger partial charge in [0.2, 0.25) is 0 Å². The van der Waals surface area contributed by atoms with Crippen molar-refractivity contribution >= 4 is 23.4 Å². The zero-order valence-corrected chi connectivity index (χ0v) is 11.2. The first-order chi connectivity index (χ1) is 9.58. The maximum atomic E-state index is 11.7. The summed E-state index contributed by atoms with van der Waals surface area (Å²) in [5, 5.41) is 8.94. The largest absolute Gasteiger partial charge is 0.478 e. The Labute approximate surface area is 121 Å². The molecule has 0 aliphatic rings. The molecule has 2 aromatic rings. The summed E-state index contributed by atoms with van der Waals surface area (Å²) in [6, 6.07) is 14.5. The van der Waals surface area contributed by atoms with Gasteiger partial charge in [-0.2, -0.15) is 0 Å².